The Labute approximate surface area is 151 Å². The monoisotopic (exact) mass is 351 g/mol. The van der Waals surface area contributed by atoms with Crippen LogP contribution in [0.3, 0.4) is 0 Å². The number of aryl methyl sites for hydroxylation is 1. The van der Waals surface area contributed by atoms with Gasteiger partial charge in [-0.3, -0.25) is 4.79 Å². The van der Waals surface area contributed by atoms with E-state index in [1.807, 2.05) is 42.5 Å². The van der Waals surface area contributed by atoms with Crippen molar-refractivity contribution >= 4 is 5.91 Å². The van der Waals surface area contributed by atoms with Crippen LogP contribution in [0.15, 0.2) is 59.0 Å². The molecule has 3 rings (SSSR count). The second-order valence-electron chi connectivity index (χ2n) is 6.06. The molecule has 1 unspecified atom stereocenters. The molecule has 134 valence electrons. The molecular weight excluding hydrogens is 330 g/mol. The summed E-state index contributed by atoms with van der Waals surface area (Å²) in [4.78, 5) is 12.4. The Bertz CT molecular complexity index is 862. The lowest BCUT2D eigenvalue weighted by atomic mass is 9.95. The Hall–Kier alpha value is -3.15. The first-order valence-corrected chi connectivity index (χ1v) is 8.52. The highest BCUT2D eigenvalue weighted by Crippen LogP contribution is 2.27. The molecule has 0 aliphatic rings. The van der Waals surface area contributed by atoms with Crippen molar-refractivity contribution in [3.8, 4) is 5.75 Å². The molecule has 2 N–H and O–H groups in total. The summed E-state index contributed by atoms with van der Waals surface area (Å²) in [6, 6.07) is 16.8. The minimum atomic E-state index is -0.289. The molecule has 1 atom stereocenters. The fourth-order valence-electron chi connectivity index (χ4n) is 2.80. The number of carbonyl (C=O) groups is 1. The minimum Gasteiger partial charge on any atom is -0.508 e. The summed E-state index contributed by atoms with van der Waals surface area (Å²) in [6.45, 7) is 2.17. The number of aromatic hydroxyl groups is 1. The van der Waals surface area contributed by atoms with Gasteiger partial charge in [-0.05, 0) is 23.6 Å². The van der Waals surface area contributed by atoms with Crippen LogP contribution >= 0.6 is 0 Å². The van der Waals surface area contributed by atoms with E-state index < -0.39 is 0 Å². The molecule has 0 saturated heterocycles. The molecule has 26 heavy (non-hydrogen) atoms. The van der Waals surface area contributed by atoms with Crippen LogP contribution in [0.1, 0.15) is 35.2 Å². The van der Waals surface area contributed by atoms with E-state index in [1.54, 1.807) is 19.1 Å². The SMILES string of the molecule is Cc1nnc(C(CC(=O)NCCc2ccccc2O)c2ccccc2)o1. The molecule has 6 heteroatoms. The number of aromatic nitrogens is 2. The van der Waals surface area contributed by atoms with Gasteiger partial charge in [-0.2, -0.15) is 0 Å². The summed E-state index contributed by atoms with van der Waals surface area (Å²) in [6.07, 6.45) is 0.778. The van der Waals surface area contributed by atoms with Crippen molar-refractivity contribution in [3.63, 3.8) is 0 Å². The fraction of sp³-hybridized carbons (Fsp3) is 0.250. The number of nitrogens with zero attached hydrogens (tertiary/aromatic N) is 2. The predicted molar refractivity (Wildman–Crippen MR) is 96.8 cm³/mol. The normalized spacial score (nSPS) is 11.9. The third-order valence-electron chi connectivity index (χ3n) is 4.14. The minimum absolute atomic E-state index is 0.106. The van der Waals surface area contributed by atoms with Gasteiger partial charge in [-0.1, -0.05) is 48.5 Å². The molecular formula is C20H21N3O3. The van der Waals surface area contributed by atoms with Crippen molar-refractivity contribution in [3.05, 3.63) is 77.5 Å². The van der Waals surface area contributed by atoms with Gasteiger partial charge in [0.15, 0.2) is 0 Å². The molecule has 0 spiro atoms. The number of hydrogen-bond donors (Lipinski definition) is 2. The summed E-state index contributed by atoms with van der Waals surface area (Å²) >= 11 is 0. The molecule has 0 fully saturated rings. The van der Waals surface area contributed by atoms with E-state index in [0.29, 0.717) is 24.7 Å². The average Bonchev–Trinajstić information content (AvgIpc) is 3.08. The lowest BCUT2D eigenvalue weighted by molar-refractivity contribution is -0.121. The highest BCUT2D eigenvalue weighted by atomic mass is 16.4. The van der Waals surface area contributed by atoms with Gasteiger partial charge in [0.25, 0.3) is 0 Å². The van der Waals surface area contributed by atoms with E-state index in [0.717, 1.165) is 11.1 Å². The van der Waals surface area contributed by atoms with Gasteiger partial charge in [-0.25, -0.2) is 0 Å². The van der Waals surface area contributed by atoms with Gasteiger partial charge in [0.2, 0.25) is 17.7 Å². The number of rotatable bonds is 7. The van der Waals surface area contributed by atoms with Crippen molar-refractivity contribution in [1.29, 1.82) is 0 Å². The van der Waals surface area contributed by atoms with Crippen LogP contribution < -0.4 is 5.32 Å². The molecule has 0 radical (unpaired) electrons. The topological polar surface area (TPSA) is 88.2 Å². The van der Waals surface area contributed by atoms with Crippen molar-refractivity contribution in [2.45, 2.75) is 25.7 Å². The summed E-state index contributed by atoms with van der Waals surface area (Å²) < 4.78 is 5.56. The largest absolute Gasteiger partial charge is 0.508 e. The van der Waals surface area contributed by atoms with E-state index >= 15 is 0 Å². The molecule has 0 saturated carbocycles. The maximum Gasteiger partial charge on any atom is 0.224 e. The highest BCUT2D eigenvalue weighted by molar-refractivity contribution is 5.77. The maximum absolute atomic E-state index is 12.4. The van der Waals surface area contributed by atoms with Crippen molar-refractivity contribution in [1.82, 2.24) is 15.5 Å². The van der Waals surface area contributed by atoms with Crippen LogP contribution in [0.5, 0.6) is 5.75 Å². The Kier molecular flexibility index (Phi) is 5.63. The Morgan fingerprint density at radius 2 is 1.85 bits per heavy atom. The van der Waals surface area contributed by atoms with Crippen molar-refractivity contribution in [2.24, 2.45) is 0 Å². The van der Waals surface area contributed by atoms with Gasteiger partial charge in [0.05, 0.1) is 5.92 Å². The van der Waals surface area contributed by atoms with Crippen molar-refractivity contribution < 1.29 is 14.3 Å². The Morgan fingerprint density at radius 3 is 2.54 bits per heavy atom. The van der Waals surface area contributed by atoms with Gasteiger partial charge in [-0.15, -0.1) is 10.2 Å². The molecule has 6 nitrogen and oxygen atoms in total. The standard InChI is InChI=1S/C20H21N3O3/c1-14-22-23-20(26-14)17(15-7-3-2-4-8-15)13-19(25)21-12-11-16-9-5-6-10-18(16)24/h2-10,17,24H,11-13H2,1H3,(H,21,25). The van der Waals surface area contributed by atoms with E-state index in [1.165, 1.54) is 0 Å². The van der Waals surface area contributed by atoms with Crippen molar-refractivity contribution in [2.75, 3.05) is 6.54 Å². The van der Waals surface area contributed by atoms with Crippen LogP contribution in [-0.4, -0.2) is 27.8 Å². The first-order chi connectivity index (χ1) is 12.6. The smallest absolute Gasteiger partial charge is 0.224 e. The van der Waals surface area contributed by atoms with E-state index in [9.17, 15) is 9.90 Å². The van der Waals surface area contributed by atoms with Crippen LogP contribution in [0.25, 0.3) is 0 Å². The maximum atomic E-state index is 12.4. The number of benzene rings is 2. The summed E-state index contributed by atoms with van der Waals surface area (Å²) in [5, 5.41) is 20.6. The van der Waals surface area contributed by atoms with Gasteiger partial charge in [0, 0.05) is 19.9 Å². The predicted octanol–water partition coefficient (Wildman–Crippen LogP) is 2.96. The number of carbonyl (C=O) groups excluding carboxylic acids is 1. The molecule has 0 aliphatic heterocycles. The van der Waals surface area contributed by atoms with Gasteiger partial charge in [0.1, 0.15) is 5.75 Å². The van der Waals surface area contributed by atoms with E-state index in [-0.39, 0.29) is 24.0 Å². The number of nitrogens with one attached hydrogen (secondary N) is 1. The summed E-state index contributed by atoms with van der Waals surface area (Å²) in [5.41, 5.74) is 1.76. The highest BCUT2D eigenvalue weighted by Gasteiger charge is 2.23. The fourth-order valence-corrected chi connectivity index (χ4v) is 2.80. The lowest BCUT2D eigenvalue weighted by Gasteiger charge is -2.14. The Balaban J connectivity index is 1.63. The van der Waals surface area contributed by atoms with E-state index in [2.05, 4.69) is 15.5 Å². The van der Waals surface area contributed by atoms with Crippen LogP contribution in [0.2, 0.25) is 0 Å². The molecule has 1 heterocycles. The zero-order valence-corrected chi connectivity index (χ0v) is 14.6. The quantitative estimate of drug-likeness (QED) is 0.683. The second-order valence-corrected chi connectivity index (χ2v) is 6.06. The zero-order chi connectivity index (χ0) is 18.4. The number of phenolic OH excluding ortho intramolecular Hbond substituents is 1. The average molecular weight is 351 g/mol. The zero-order valence-electron chi connectivity index (χ0n) is 14.6. The number of para-hydroxylation sites is 1. The lowest BCUT2D eigenvalue weighted by Crippen LogP contribution is -2.27. The molecule has 3 aromatic rings. The number of hydrogen-bond acceptors (Lipinski definition) is 5. The molecule has 0 bridgehead atoms. The van der Waals surface area contributed by atoms with Crippen LogP contribution in [0, 0.1) is 6.92 Å². The summed E-state index contributed by atoms with van der Waals surface area (Å²) in [7, 11) is 0. The summed E-state index contributed by atoms with van der Waals surface area (Å²) in [5.74, 6) is 0.753. The third kappa shape index (κ3) is 4.47. The number of phenols is 1. The number of amides is 1. The molecule has 1 aromatic heterocycles. The second kappa shape index (κ2) is 8.29. The molecule has 2 aromatic carbocycles. The van der Waals surface area contributed by atoms with Gasteiger partial charge < -0.3 is 14.8 Å². The van der Waals surface area contributed by atoms with Crippen LogP contribution in [0.4, 0.5) is 0 Å². The Morgan fingerprint density at radius 1 is 1.12 bits per heavy atom. The first-order valence-electron chi connectivity index (χ1n) is 8.52. The van der Waals surface area contributed by atoms with Gasteiger partial charge >= 0.3 is 0 Å². The molecule has 0 aliphatic carbocycles. The third-order valence-corrected chi connectivity index (χ3v) is 4.14. The molecule has 1 amide bonds. The first kappa shape index (κ1) is 17.7. The van der Waals surface area contributed by atoms with Crippen LogP contribution in [-0.2, 0) is 11.2 Å². The van der Waals surface area contributed by atoms with E-state index in [4.69, 9.17) is 4.42 Å².